The molecule has 0 amide bonds. The molecule has 44 heavy (non-hydrogen) atoms. The molecule has 2 heterocycles. The van der Waals surface area contributed by atoms with Gasteiger partial charge in [-0.3, -0.25) is 23.6 Å². The van der Waals surface area contributed by atoms with Crippen molar-refractivity contribution in [2.45, 2.75) is 44.2 Å². The average molecular weight is 612 g/mol. The first kappa shape index (κ1) is 30.6. The number of benzene rings is 1. The van der Waals surface area contributed by atoms with Gasteiger partial charge in [-0.1, -0.05) is 12.1 Å². The molecule has 3 saturated carbocycles. The van der Waals surface area contributed by atoms with Gasteiger partial charge in [-0.15, -0.1) is 0 Å². The molecule has 3 aliphatic carbocycles. The second-order valence-electron chi connectivity index (χ2n) is 10.7. The summed E-state index contributed by atoms with van der Waals surface area (Å²) in [6.07, 6.45) is -0.283. The average Bonchev–Trinajstić information content (AvgIpc) is 3.37. The molecule has 0 saturated heterocycles. The Kier molecular flexibility index (Phi) is 7.66. The molecule has 2 bridgehead atoms. The van der Waals surface area contributed by atoms with E-state index in [1.165, 1.54) is 30.6 Å². The minimum atomic E-state index is -4.69. The maximum Gasteiger partial charge on any atom is 0.416 e. The number of carbonyl (C=O) groups is 4. The fourth-order valence-electron chi connectivity index (χ4n) is 5.99. The van der Waals surface area contributed by atoms with Crippen LogP contribution in [0.5, 0.6) is 5.75 Å². The number of aromatic nitrogens is 3. The lowest BCUT2D eigenvalue weighted by molar-refractivity contribution is -0.168. The number of fused-ring (bicyclic) bond motifs is 4. The van der Waals surface area contributed by atoms with Gasteiger partial charge in [0.05, 0.1) is 17.6 Å². The Morgan fingerprint density at radius 1 is 1.16 bits per heavy atom. The van der Waals surface area contributed by atoms with Crippen molar-refractivity contribution >= 4 is 34.7 Å². The number of halogens is 3. The number of nitrogens with two attached hydrogens (primary N) is 2. The number of alkyl halides is 3. The molecule has 2 unspecified atom stereocenters. The summed E-state index contributed by atoms with van der Waals surface area (Å²) in [5.41, 5.74) is 8.20. The van der Waals surface area contributed by atoms with Crippen molar-refractivity contribution in [2.24, 2.45) is 11.1 Å². The van der Waals surface area contributed by atoms with Crippen LogP contribution in [-0.4, -0.2) is 62.1 Å². The number of carboxylic acid groups (broad SMARTS) is 1. The van der Waals surface area contributed by atoms with Crippen molar-refractivity contribution in [3.05, 3.63) is 65.8 Å². The standard InChI is InChI=1S/C30H28F3N5O6/c1-2-44-20-13-16(19(39)6-4-17(7-10-34)30(31,32)33)3-5-18(20)23-24-25(35)36-11-12-38(24)26(37-23)28-8-9-29(27(42)43,15-21(28)40)22(41)14-28/h3-7,11-13H,2,8-10,14-15,34H2,1H3,(H2,35,36)(H,42,43)/b6-4?,17-7+. The summed E-state index contributed by atoms with van der Waals surface area (Å²) in [4.78, 5) is 60.4. The van der Waals surface area contributed by atoms with Crippen LogP contribution in [0.15, 0.2) is 54.4 Å². The molecule has 3 aliphatic rings. The largest absolute Gasteiger partial charge is 0.493 e. The summed E-state index contributed by atoms with van der Waals surface area (Å²) < 4.78 is 47.0. The maximum atomic E-state index is 13.5. The van der Waals surface area contributed by atoms with Crippen molar-refractivity contribution in [1.29, 1.82) is 0 Å². The summed E-state index contributed by atoms with van der Waals surface area (Å²) in [5, 5.41) is 9.76. The molecule has 0 spiro atoms. The lowest BCUT2D eigenvalue weighted by atomic mass is 9.52. The van der Waals surface area contributed by atoms with E-state index in [2.05, 4.69) is 4.98 Å². The van der Waals surface area contributed by atoms with Crippen LogP contribution in [0.2, 0.25) is 0 Å². The lowest BCUT2D eigenvalue weighted by Gasteiger charge is -2.47. The van der Waals surface area contributed by atoms with Crippen molar-refractivity contribution in [2.75, 3.05) is 18.9 Å². The van der Waals surface area contributed by atoms with Gasteiger partial charge in [0.2, 0.25) is 0 Å². The zero-order chi connectivity index (χ0) is 32.0. The van der Waals surface area contributed by atoms with E-state index in [1.54, 1.807) is 11.3 Å². The first-order valence-corrected chi connectivity index (χ1v) is 13.7. The Bertz CT molecular complexity index is 1780. The number of nitrogens with zero attached hydrogens (tertiary/aromatic N) is 3. The van der Waals surface area contributed by atoms with E-state index in [0.29, 0.717) is 17.2 Å². The highest BCUT2D eigenvalue weighted by Crippen LogP contribution is 2.54. The molecule has 2 atom stereocenters. The van der Waals surface area contributed by atoms with Gasteiger partial charge in [-0.2, -0.15) is 13.2 Å². The van der Waals surface area contributed by atoms with Gasteiger partial charge in [-0.05, 0) is 44.1 Å². The summed E-state index contributed by atoms with van der Waals surface area (Å²) in [6, 6.07) is 4.24. The number of carbonyl (C=O) groups excluding carboxylic acids is 3. The predicted octanol–water partition coefficient (Wildman–Crippen LogP) is 3.60. The molecule has 0 aliphatic heterocycles. The normalized spacial score (nSPS) is 22.2. The van der Waals surface area contributed by atoms with Crippen LogP contribution in [0.4, 0.5) is 19.0 Å². The topological polar surface area (TPSA) is 180 Å². The molecular weight excluding hydrogens is 583 g/mol. The van der Waals surface area contributed by atoms with Crippen LogP contribution >= 0.6 is 0 Å². The molecule has 1 aromatic carbocycles. The summed E-state index contributed by atoms with van der Waals surface area (Å²) >= 11 is 0. The second kappa shape index (κ2) is 11.0. The zero-order valence-electron chi connectivity index (χ0n) is 23.5. The van der Waals surface area contributed by atoms with E-state index in [9.17, 15) is 37.5 Å². The van der Waals surface area contributed by atoms with Crippen molar-refractivity contribution < 1.29 is 42.2 Å². The number of ether oxygens (including phenoxy) is 1. The number of imidazole rings is 1. The highest BCUT2D eigenvalue weighted by molar-refractivity contribution is 6.14. The predicted molar refractivity (Wildman–Crippen MR) is 151 cm³/mol. The third-order valence-electron chi connectivity index (χ3n) is 8.29. The number of aliphatic carboxylic acids is 1. The molecule has 11 nitrogen and oxygen atoms in total. The van der Waals surface area contributed by atoms with Crippen molar-refractivity contribution in [3.63, 3.8) is 0 Å². The number of hydrogen-bond donors (Lipinski definition) is 3. The molecule has 5 N–H and O–H groups in total. The monoisotopic (exact) mass is 611 g/mol. The molecule has 3 fully saturated rings. The molecule has 14 heteroatoms. The molecule has 6 rings (SSSR count). The number of rotatable bonds is 9. The Morgan fingerprint density at radius 2 is 1.91 bits per heavy atom. The number of allylic oxidation sites excluding steroid dienone is 3. The van der Waals surface area contributed by atoms with E-state index in [4.69, 9.17) is 21.2 Å². The van der Waals surface area contributed by atoms with Gasteiger partial charge < -0.3 is 21.3 Å². The zero-order valence-corrected chi connectivity index (χ0v) is 23.5. The van der Waals surface area contributed by atoms with Crippen molar-refractivity contribution in [3.8, 4) is 17.0 Å². The maximum absolute atomic E-state index is 13.5. The minimum Gasteiger partial charge on any atom is -0.493 e. The van der Waals surface area contributed by atoms with Crippen molar-refractivity contribution in [1.82, 2.24) is 14.4 Å². The fraction of sp³-hybridized carbons (Fsp3) is 0.333. The van der Waals surface area contributed by atoms with Crippen LogP contribution in [-0.2, 0) is 19.8 Å². The highest BCUT2D eigenvalue weighted by atomic mass is 19.4. The summed E-state index contributed by atoms with van der Waals surface area (Å²) in [6.45, 7) is 1.48. The lowest BCUT2D eigenvalue weighted by Crippen LogP contribution is -2.59. The highest BCUT2D eigenvalue weighted by Gasteiger charge is 2.64. The van der Waals surface area contributed by atoms with E-state index in [-0.39, 0.29) is 61.1 Å². The van der Waals surface area contributed by atoms with Crippen LogP contribution in [0.3, 0.4) is 0 Å². The van der Waals surface area contributed by atoms with Gasteiger partial charge in [0.15, 0.2) is 11.6 Å². The summed E-state index contributed by atoms with van der Waals surface area (Å²) in [5.74, 6) is -2.60. The van der Waals surface area contributed by atoms with Gasteiger partial charge in [0.1, 0.15) is 39.8 Å². The number of Topliss-reactive ketones (excluding diaryl/α,β-unsaturated/α-hetero) is 2. The summed E-state index contributed by atoms with van der Waals surface area (Å²) in [7, 11) is 0. The first-order valence-electron chi connectivity index (χ1n) is 13.7. The Balaban J connectivity index is 1.61. The second-order valence-corrected chi connectivity index (χ2v) is 10.7. The smallest absolute Gasteiger partial charge is 0.416 e. The Morgan fingerprint density at radius 3 is 2.52 bits per heavy atom. The van der Waals surface area contributed by atoms with E-state index in [1.807, 2.05) is 0 Å². The third kappa shape index (κ3) is 4.84. The molecule has 3 aromatic rings. The number of ketones is 3. The van der Waals surface area contributed by atoms with Gasteiger partial charge in [0, 0.05) is 42.9 Å². The number of carboxylic acids is 1. The number of anilines is 1. The minimum absolute atomic E-state index is 0.0250. The van der Waals surface area contributed by atoms with Crippen LogP contribution < -0.4 is 16.2 Å². The molecular formula is C30H28F3N5O6. The molecule has 230 valence electrons. The number of nitrogen functional groups attached to an aromatic ring is 1. The van der Waals surface area contributed by atoms with Gasteiger partial charge in [-0.25, -0.2) is 9.97 Å². The third-order valence-corrected chi connectivity index (χ3v) is 8.29. The fourth-order valence-corrected chi connectivity index (χ4v) is 5.99. The molecule has 2 aromatic heterocycles. The van der Waals surface area contributed by atoms with E-state index >= 15 is 0 Å². The van der Waals surface area contributed by atoms with Gasteiger partial charge >= 0.3 is 12.1 Å². The van der Waals surface area contributed by atoms with Gasteiger partial charge in [0.25, 0.3) is 0 Å². The quantitative estimate of drug-likeness (QED) is 0.140. The van der Waals surface area contributed by atoms with Crippen LogP contribution in [0, 0.1) is 5.41 Å². The molecule has 0 radical (unpaired) electrons. The van der Waals surface area contributed by atoms with E-state index < -0.39 is 52.3 Å². The van der Waals surface area contributed by atoms with Crippen LogP contribution in [0.1, 0.15) is 48.8 Å². The van der Waals surface area contributed by atoms with E-state index in [0.717, 1.165) is 12.2 Å². The Hall–Kier alpha value is -4.85. The first-order chi connectivity index (χ1) is 20.8. The van der Waals surface area contributed by atoms with Crippen LogP contribution in [0.25, 0.3) is 16.8 Å². The Labute approximate surface area is 248 Å². The number of hydrogen-bond acceptors (Lipinski definition) is 9. The SMILES string of the molecule is CCOc1cc(C(=O)C=C/C(=C\CN)C(F)(F)F)ccc1-c1nc(C23CCC(C(=O)O)(CC2=O)C(=O)C3)n2ccnc(N)c12.